The second-order valence-corrected chi connectivity index (χ2v) is 12.3. The van der Waals surface area contributed by atoms with Gasteiger partial charge in [-0.3, -0.25) is 9.48 Å². The van der Waals surface area contributed by atoms with Crippen molar-refractivity contribution in [2.24, 2.45) is 5.92 Å². The van der Waals surface area contributed by atoms with Gasteiger partial charge in [0.25, 0.3) is 5.92 Å². The first kappa shape index (κ1) is 29.8. The van der Waals surface area contributed by atoms with Gasteiger partial charge in [-0.1, -0.05) is 5.92 Å². The first-order valence-electron chi connectivity index (χ1n) is 13.6. The largest absolute Gasteiger partial charge is 0.435 e. The molecule has 0 aliphatic heterocycles. The molecular weight excluding hydrogens is 647 g/mol. The molecule has 2 aromatic heterocycles. The molecule has 1 aromatic carbocycles. The van der Waals surface area contributed by atoms with Gasteiger partial charge in [-0.05, 0) is 89.7 Å². The molecule has 1 N–H and O–H groups in total. The van der Waals surface area contributed by atoms with Gasteiger partial charge in [-0.25, -0.2) is 13.8 Å². The molecule has 6 rings (SSSR count). The maximum absolute atomic E-state index is 15.0. The standard InChI is InChI=1S/C30H23BrF7N3O2/c31-23-3-2-19(4-7-28(43)5-1-6-28)39-25(23)16(8-15-9-17(32)12-18(33)10-15)11-20(42)14-41-27-24(26(40-41)30(36,37)38)21-13-22(21)29(27,34)35/h2-3,9-10,12,16,21-22,43H,1,5-6,8,11,13-14H2/t16-,21+,22-/m1/s1. The normalized spacial score (nSPS) is 21.7. The Morgan fingerprint density at radius 3 is 2.49 bits per heavy atom. The first-order valence-corrected chi connectivity index (χ1v) is 14.4. The van der Waals surface area contributed by atoms with Crippen LogP contribution >= 0.6 is 15.9 Å². The minimum Gasteiger partial charge on any atom is -0.378 e. The molecule has 3 aromatic rings. The van der Waals surface area contributed by atoms with Gasteiger partial charge >= 0.3 is 6.18 Å². The lowest BCUT2D eigenvalue weighted by molar-refractivity contribution is -0.142. The van der Waals surface area contributed by atoms with Gasteiger partial charge in [0.2, 0.25) is 0 Å². The Hall–Kier alpha value is -3.24. The number of hydrogen-bond acceptors (Lipinski definition) is 4. The van der Waals surface area contributed by atoms with E-state index in [1.54, 1.807) is 12.1 Å². The Kier molecular flexibility index (Phi) is 7.24. The van der Waals surface area contributed by atoms with Crippen LogP contribution in [-0.4, -0.2) is 31.3 Å². The van der Waals surface area contributed by atoms with E-state index in [0.29, 0.717) is 28.1 Å². The van der Waals surface area contributed by atoms with E-state index in [1.165, 1.54) is 0 Å². The predicted octanol–water partition coefficient (Wildman–Crippen LogP) is 6.80. The molecule has 0 radical (unpaired) electrons. The van der Waals surface area contributed by atoms with E-state index in [9.17, 15) is 31.9 Å². The van der Waals surface area contributed by atoms with Gasteiger partial charge < -0.3 is 5.11 Å². The zero-order valence-electron chi connectivity index (χ0n) is 22.3. The number of rotatable bonds is 7. The maximum atomic E-state index is 15.0. The van der Waals surface area contributed by atoms with Crippen LogP contribution in [0.25, 0.3) is 0 Å². The Morgan fingerprint density at radius 2 is 1.86 bits per heavy atom. The average molecular weight is 670 g/mol. The summed E-state index contributed by atoms with van der Waals surface area (Å²) >= 11 is 3.38. The van der Waals surface area contributed by atoms with Crippen molar-refractivity contribution in [3.05, 3.63) is 80.3 Å². The van der Waals surface area contributed by atoms with Gasteiger partial charge in [0.15, 0.2) is 11.5 Å². The molecule has 13 heteroatoms. The minimum absolute atomic E-state index is 0.0781. The van der Waals surface area contributed by atoms with Crippen LogP contribution in [0.2, 0.25) is 0 Å². The van der Waals surface area contributed by atoms with Crippen molar-refractivity contribution in [2.45, 2.75) is 74.6 Å². The summed E-state index contributed by atoms with van der Waals surface area (Å²) < 4.78 is 100. The number of aliphatic hydroxyl groups is 1. The molecule has 43 heavy (non-hydrogen) atoms. The predicted molar refractivity (Wildman–Crippen MR) is 142 cm³/mol. The van der Waals surface area contributed by atoms with E-state index in [0.717, 1.165) is 18.6 Å². The number of benzene rings is 1. The summed E-state index contributed by atoms with van der Waals surface area (Å²) in [4.78, 5) is 17.8. The van der Waals surface area contributed by atoms with Crippen LogP contribution in [0.5, 0.6) is 0 Å². The number of fused-ring (bicyclic) bond motifs is 3. The Bertz CT molecular complexity index is 1670. The molecule has 2 fully saturated rings. The second-order valence-electron chi connectivity index (χ2n) is 11.5. The molecule has 3 aliphatic rings. The van der Waals surface area contributed by atoms with E-state index in [1.807, 2.05) is 0 Å². The third-order valence-corrected chi connectivity index (χ3v) is 8.94. The lowest BCUT2D eigenvalue weighted by Gasteiger charge is -2.30. The summed E-state index contributed by atoms with van der Waals surface area (Å²) in [6.07, 6.45) is -3.73. The Labute approximate surface area is 249 Å². The van der Waals surface area contributed by atoms with Crippen LogP contribution in [0.1, 0.15) is 77.8 Å². The molecule has 0 saturated heterocycles. The monoisotopic (exact) mass is 669 g/mol. The molecule has 0 bridgehead atoms. The van der Waals surface area contributed by atoms with Gasteiger partial charge in [-0.2, -0.15) is 27.1 Å². The van der Waals surface area contributed by atoms with E-state index in [4.69, 9.17) is 0 Å². The highest BCUT2D eigenvalue weighted by atomic mass is 79.9. The summed E-state index contributed by atoms with van der Waals surface area (Å²) in [7, 11) is 0. The number of alkyl halides is 5. The van der Waals surface area contributed by atoms with Crippen LogP contribution in [0.15, 0.2) is 34.8 Å². The summed E-state index contributed by atoms with van der Waals surface area (Å²) in [6.45, 7) is -0.856. The van der Waals surface area contributed by atoms with Crippen molar-refractivity contribution in [3.63, 3.8) is 0 Å². The molecule has 2 saturated carbocycles. The molecule has 3 aliphatic carbocycles. The topological polar surface area (TPSA) is 68.0 Å². The maximum Gasteiger partial charge on any atom is 0.435 e. The van der Waals surface area contributed by atoms with E-state index < -0.39 is 82.8 Å². The number of pyridine rings is 1. The van der Waals surface area contributed by atoms with Gasteiger partial charge in [0.1, 0.15) is 35.2 Å². The van der Waals surface area contributed by atoms with Crippen LogP contribution in [0.3, 0.4) is 0 Å². The highest BCUT2D eigenvalue weighted by Gasteiger charge is 2.68. The highest BCUT2D eigenvalue weighted by molar-refractivity contribution is 9.10. The Balaban J connectivity index is 1.33. The van der Waals surface area contributed by atoms with Crippen molar-refractivity contribution < 1.29 is 40.6 Å². The molecular formula is C30H23BrF7N3O2. The number of halogens is 8. The molecule has 226 valence electrons. The number of Topliss-reactive ketones (excluding diaryl/α,β-unsaturated/α-hetero) is 1. The summed E-state index contributed by atoms with van der Waals surface area (Å²) in [5.74, 6) is -3.50. The molecule has 0 amide bonds. The van der Waals surface area contributed by atoms with Crippen LogP contribution in [0, 0.1) is 29.4 Å². The molecule has 2 heterocycles. The van der Waals surface area contributed by atoms with Gasteiger partial charge in [-0.15, -0.1) is 0 Å². The number of hydrogen-bond donors (Lipinski definition) is 1. The smallest absolute Gasteiger partial charge is 0.378 e. The van der Waals surface area contributed by atoms with Crippen molar-refractivity contribution in [2.75, 3.05) is 0 Å². The van der Waals surface area contributed by atoms with Crippen LogP contribution in [-0.2, 0) is 29.9 Å². The number of nitrogens with zero attached hydrogens (tertiary/aromatic N) is 3. The summed E-state index contributed by atoms with van der Waals surface area (Å²) in [6, 6.07) is 6.01. The quantitative estimate of drug-likeness (QED) is 0.222. The second kappa shape index (κ2) is 10.4. The number of carbonyl (C=O) groups is 1. The van der Waals surface area contributed by atoms with Crippen molar-refractivity contribution in [1.82, 2.24) is 14.8 Å². The molecule has 3 atom stereocenters. The highest BCUT2D eigenvalue weighted by Crippen LogP contribution is 2.68. The average Bonchev–Trinajstić information content (AvgIpc) is 3.54. The lowest BCUT2D eigenvalue weighted by atomic mass is 9.81. The van der Waals surface area contributed by atoms with Gasteiger partial charge in [0, 0.05) is 34.4 Å². The number of carbonyl (C=O) groups excluding carboxylic acids is 1. The van der Waals surface area contributed by atoms with E-state index >= 15 is 8.78 Å². The minimum atomic E-state index is -4.97. The lowest BCUT2D eigenvalue weighted by Crippen LogP contribution is -2.34. The molecule has 0 spiro atoms. The zero-order chi connectivity index (χ0) is 30.9. The summed E-state index contributed by atoms with van der Waals surface area (Å²) in [5, 5.41) is 13.7. The number of aromatic nitrogens is 3. The van der Waals surface area contributed by atoms with Crippen LogP contribution < -0.4 is 0 Å². The fraction of sp³-hybridized carbons (Fsp3) is 0.433. The van der Waals surface area contributed by atoms with Gasteiger partial charge in [0.05, 0.1) is 5.69 Å². The molecule has 0 unspecified atom stereocenters. The SMILES string of the molecule is O=C(C[C@@H](Cc1cc(F)cc(F)c1)c1nc(C#CC2(O)CCC2)ccc1Br)Cn1nc(C(F)(F)F)c2c1C(F)(F)[C@@H]1C[C@H]21. The summed E-state index contributed by atoms with van der Waals surface area (Å²) in [5.41, 5.74) is -3.27. The molecule has 5 nitrogen and oxygen atoms in total. The zero-order valence-corrected chi connectivity index (χ0v) is 23.9. The van der Waals surface area contributed by atoms with E-state index in [-0.39, 0.29) is 29.8 Å². The third-order valence-electron chi connectivity index (χ3n) is 8.27. The van der Waals surface area contributed by atoms with Crippen molar-refractivity contribution >= 4 is 21.7 Å². The fourth-order valence-electron chi connectivity index (χ4n) is 6.01. The van der Waals surface area contributed by atoms with Crippen molar-refractivity contribution in [3.8, 4) is 11.8 Å². The van der Waals surface area contributed by atoms with Crippen LogP contribution in [0.4, 0.5) is 30.7 Å². The number of ketones is 1. The third kappa shape index (κ3) is 5.71. The first-order chi connectivity index (χ1) is 20.1. The fourth-order valence-corrected chi connectivity index (χ4v) is 6.55. The van der Waals surface area contributed by atoms with E-state index in [2.05, 4.69) is 37.9 Å². The Morgan fingerprint density at radius 1 is 1.16 bits per heavy atom. The van der Waals surface area contributed by atoms with Crippen molar-refractivity contribution in [1.29, 1.82) is 0 Å².